The molecule has 1 amide bonds. The highest BCUT2D eigenvalue weighted by atomic mass is 32.2. The summed E-state index contributed by atoms with van der Waals surface area (Å²) in [5.74, 6) is 0.117. The Kier molecular flexibility index (Phi) is 5.24. The number of carbonyl (C=O) groups is 1. The van der Waals surface area contributed by atoms with Gasteiger partial charge in [0.05, 0.1) is 16.3 Å². The van der Waals surface area contributed by atoms with Gasteiger partial charge in [0.15, 0.2) is 5.16 Å². The number of rotatable bonds is 4. The van der Waals surface area contributed by atoms with Gasteiger partial charge in [-0.25, -0.2) is 4.98 Å². The van der Waals surface area contributed by atoms with Crippen LogP contribution in [0.25, 0.3) is 0 Å². The molecule has 1 N–H and O–H groups in total. The van der Waals surface area contributed by atoms with Crippen molar-refractivity contribution in [2.75, 3.05) is 11.1 Å². The molecule has 1 aromatic carbocycles. The normalized spacial score (nSPS) is 15.9. The van der Waals surface area contributed by atoms with Gasteiger partial charge in [0, 0.05) is 24.4 Å². The van der Waals surface area contributed by atoms with Crippen molar-refractivity contribution < 1.29 is 4.79 Å². The topological polar surface area (TPSA) is 64.0 Å². The minimum Gasteiger partial charge on any atom is -0.325 e. The van der Waals surface area contributed by atoms with E-state index in [1.54, 1.807) is 23.4 Å². The highest BCUT2D eigenvalue weighted by molar-refractivity contribution is 8.00. The molecule has 0 saturated heterocycles. The number of amides is 1. The van der Waals surface area contributed by atoms with Gasteiger partial charge in [-0.1, -0.05) is 30.8 Å². The zero-order valence-electron chi connectivity index (χ0n) is 14.8. The maximum atomic E-state index is 12.4. The third-order valence-electron chi connectivity index (χ3n) is 4.29. The summed E-state index contributed by atoms with van der Waals surface area (Å²) < 4.78 is 1.54. The number of nitrogens with one attached hydrogen (secondary N) is 1. The molecular formula is C18H21N3O2S2. The van der Waals surface area contributed by atoms with Crippen molar-refractivity contribution >= 4 is 35.1 Å². The standard InChI is InChI=1S/C18H21N3O2S2/c1-10-6-5-7-13(12(10)3)19-15(22)9-24-18-20-14-8-11(2)25-16(14)17(23)21(18)4/h5-7,11H,8-9H2,1-4H3,(H,19,22)/t11-/m0/s1. The lowest BCUT2D eigenvalue weighted by Crippen LogP contribution is -2.23. The molecule has 7 heteroatoms. The van der Waals surface area contributed by atoms with Gasteiger partial charge >= 0.3 is 0 Å². The molecule has 0 saturated carbocycles. The molecule has 5 nitrogen and oxygen atoms in total. The number of thioether (sulfide) groups is 2. The Balaban J connectivity index is 1.71. The predicted octanol–water partition coefficient (Wildman–Crippen LogP) is 3.16. The van der Waals surface area contributed by atoms with Crippen molar-refractivity contribution in [2.45, 2.75) is 42.5 Å². The van der Waals surface area contributed by atoms with Gasteiger partial charge in [-0.15, -0.1) is 11.8 Å². The average molecular weight is 376 g/mol. The van der Waals surface area contributed by atoms with E-state index in [0.717, 1.165) is 33.8 Å². The summed E-state index contributed by atoms with van der Waals surface area (Å²) in [5, 5.41) is 3.91. The predicted molar refractivity (Wildman–Crippen MR) is 104 cm³/mol. The first-order chi connectivity index (χ1) is 11.9. The lowest BCUT2D eigenvalue weighted by Gasteiger charge is -2.11. The third kappa shape index (κ3) is 3.77. The van der Waals surface area contributed by atoms with Crippen molar-refractivity contribution in [3.8, 4) is 0 Å². The Bertz CT molecular complexity index is 893. The van der Waals surface area contributed by atoms with Gasteiger partial charge in [-0.05, 0) is 31.0 Å². The van der Waals surface area contributed by atoms with Crippen LogP contribution in [0.5, 0.6) is 0 Å². The van der Waals surface area contributed by atoms with Crippen LogP contribution in [0.1, 0.15) is 23.7 Å². The Morgan fingerprint density at radius 2 is 2.20 bits per heavy atom. The molecule has 3 rings (SSSR count). The van der Waals surface area contributed by atoms with Crippen molar-refractivity contribution in [1.29, 1.82) is 0 Å². The molecule has 0 fully saturated rings. The van der Waals surface area contributed by atoms with E-state index in [2.05, 4.69) is 17.2 Å². The molecule has 0 unspecified atom stereocenters. The van der Waals surface area contributed by atoms with Crippen molar-refractivity contribution in [3.05, 3.63) is 45.4 Å². The minimum atomic E-state index is -0.101. The van der Waals surface area contributed by atoms with E-state index in [1.165, 1.54) is 11.8 Å². The van der Waals surface area contributed by atoms with Crippen LogP contribution in [0, 0.1) is 13.8 Å². The first-order valence-corrected chi connectivity index (χ1v) is 9.98. The van der Waals surface area contributed by atoms with Gasteiger partial charge in [0.2, 0.25) is 5.91 Å². The SMILES string of the molecule is Cc1cccc(NC(=O)CSc2nc3c(c(=O)n2C)S[C@@H](C)C3)c1C. The van der Waals surface area contributed by atoms with E-state index in [1.807, 2.05) is 32.0 Å². The summed E-state index contributed by atoms with van der Waals surface area (Å²) in [5.41, 5.74) is 3.87. The molecule has 2 aromatic rings. The Hall–Kier alpha value is -1.73. The van der Waals surface area contributed by atoms with Crippen LogP contribution in [-0.2, 0) is 18.3 Å². The van der Waals surface area contributed by atoms with Crippen molar-refractivity contribution in [1.82, 2.24) is 9.55 Å². The second-order valence-electron chi connectivity index (χ2n) is 6.25. The fraction of sp³-hybridized carbons (Fsp3) is 0.389. The number of carbonyl (C=O) groups excluding carboxylic acids is 1. The average Bonchev–Trinajstić information content (AvgIpc) is 2.94. The molecule has 25 heavy (non-hydrogen) atoms. The summed E-state index contributed by atoms with van der Waals surface area (Å²) in [6.07, 6.45) is 0.804. The maximum Gasteiger partial charge on any atom is 0.267 e. The maximum absolute atomic E-state index is 12.4. The summed E-state index contributed by atoms with van der Waals surface area (Å²) in [6, 6.07) is 5.84. The van der Waals surface area contributed by atoms with Gasteiger partial charge < -0.3 is 5.32 Å². The monoisotopic (exact) mass is 375 g/mol. The Morgan fingerprint density at radius 1 is 1.44 bits per heavy atom. The number of aromatic nitrogens is 2. The third-order valence-corrected chi connectivity index (χ3v) is 6.53. The molecule has 1 aliphatic rings. The van der Waals surface area contributed by atoms with E-state index in [0.29, 0.717) is 10.4 Å². The van der Waals surface area contributed by atoms with Crippen LogP contribution in [0.2, 0.25) is 0 Å². The number of hydrogen-bond acceptors (Lipinski definition) is 5. The summed E-state index contributed by atoms with van der Waals surface area (Å²) in [6.45, 7) is 6.10. The van der Waals surface area contributed by atoms with Crippen LogP contribution in [-0.4, -0.2) is 26.5 Å². The van der Waals surface area contributed by atoms with Crippen molar-refractivity contribution in [2.24, 2.45) is 7.05 Å². The van der Waals surface area contributed by atoms with E-state index in [-0.39, 0.29) is 17.2 Å². The van der Waals surface area contributed by atoms with Gasteiger partial charge in [0.25, 0.3) is 5.56 Å². The molecule has 0 radical (unpaired) electrons. The zero-order valence-corrected chi connectivity index (χ0v) is 16.4. The van der Waals surface area contributed by atoms with Gasteiger partial charge in [0.1, 0.15) is 0 Å². The largest absolute Gasteiger partial charge is 0.325 e. The summed E-state index contributed by atoms with van der Waals surface area (Å²) in [4.78, 5) is 30.1. The lowest BCUT2D eigenvalue weighted by atomic mass is 10.1. The minimum absolute atomic E-state index is 0.0169. The molecule has 0 aliphatic carbocycles. The molecule has 0 spiro atoms. The Labute approximate surface area is 155 Å². The molecular weight excluding hydrogens is 354 g/mol. The first kappa shape index (κ1) is 18.1. The van der Waals surface area contributed by atoms with Gasteiger partial charge in [-0.3, -0.25) is 14.2 Å². The highest BCUT2D eigenvalue weighted by Crippen LogP contribution is 2.33. The zero-order chi connectivity index (χ0) is 18.1. The van der Waals surface area contributed by atoms with E-state index in [9.17, 15) is 9.59 Å². The molecule has 132 valence electrons. The van der Waals surface area contributed by atoms with Gasteiger partial charge in [-0.2, -0.15) is 0 Å². The van der Waals surface area contributed by atoms with Crippen molar-refractivity contribution in [3.63, 3.8) is 0 Å². The van der Waals surface area contributed by atoms with E-state index >= 15 is 0 Å². The molecule has 1 aliphatic heterocycles. The number of hydrogen-bond donors (Lipinski definition) is 1. The molecule has 1 aromatic heterocycles. The van der Waals surface area contributed by atoms with E-state index < -0.39 is 0 Å². The van der Waals surface area contributed by atoms with Crippen LogP contribution in [0.15, 0.2) is 33.0 Å². The molecule has 1 atom stereocenters. The summed E-state index contributed by atoms with van der Waals surface area (Å²) >= 11 is 2.88. The van der Waals surface area contributed by atoms with E-state index in [4.69, 9.17) is 0 Å². The number of aryl methyl sites for hydroxylation is 1. The summed E-state index contributed by atoms with van der Waals surface area (Å²) in [7, 11) is 1.71. The van der Waals surface area contributed by atoms with Crippen LogP contribution < -0.4 is 10.9 Å². The fourth-order valence-electron chi connectivity index (χ4n) is 2.71. The number of anilines is 1. The quantitative estimate of drug-likeness (QED) is 0.657. The second kappa shape index (κ2) is 7.25. The van der Waals surface area contributed by atoms with Crippen LogP contribution >= 0.6 is 23.5 Å². The number of fused-ring (bicyclic) bond motifs is 1. The second-order valence-corrected chi connectivity index (χ2v) is 8.64. The fourth-order valence-corrected chi connectivity index (χ4v) is 4.64. The Morgan fingerprint density at radius 3 is 2.96 bits per heavy atom. The number of nitrogens with zero attached hydrogens (tertiary/aromatic N) is 2. The molecule has 0 bridgehead atoms. The highest BCUT2D eigenvalue weighted by Gasteiger charge is 2.25. The first-order valence-electron chi connectivity index (χ1n) is 8.12. The smallest absolute Gasteiger partial charge is 0.267 e. The lowest BCUT2D eigenvalue weighted by molar-refractivity contribution is -0.113. The van der Waals surface area contributed by atoms with Crippen LogP contribution in [0.3, 0.4) is 0 Å². The molecule has 2 heterocycles. The van der Waals surface area contributed by atoms with Crippen LogP contribution in [0.4, 0.5) is 5.69 Å². The number of benzene rings is 1.